The molecule has 0 amide bonds. The maximum atomic E-state index is 12.3. The first kappa shape index (κ1) is 16.4. The van der Waals surface area contributed by atoms with E-state index >= 15 is 0 Å². The molecule has 0 aromatic heterocycles. The van der Waals surface area contributed by atoms with Gasteiger partial charge in [0.05, 0.1) is 0 Å². The van der Waals surface area contributed by atoms with Crippen LogP contribution in [0.15, 0.2) is 0 Å². The molecule has 0 aromatic carbocycles. The van der Waals surface area contributed by atoms with Crippen molar-refractivity contribution in [1.82, 2.24) is 9.03 Å². The van der Waals surface area contributed by atoms with Gasteiger partial charge in [-0.3, -0.25) is 4.79 Å². The fourth-order valence-electron chi connectivity index (χ4n) is 2.33. The van der Waals surface area contributed by atoms with Gasteiger partial charge in [0.1, 0.15) is 5.54 Å². The fourth-order valence-corrected chi connectivity index (χ4v) is 4.07. The first-order chi connectivity index (χ1) is 8.88. The third-order valence-corrected chi connectivity index (χ3v) is 5.54. The van der Waals surface area contributed by atoms with E-state index < -0.39 is 21.7 Å². The van der Waals surface area contributed by atoms with Crippen molar-refractivity contribution in [3.05, 3.63) is 0 Å². The zero-order valence-corrected chi connectivity index (χ0v) is 12.5. The monoisotopic (exact) mass is 292 g/mol. The van der Waals surface area contributed by atoms with Crippen molar-refractivity contribution in [2.45, 2.75) is 57.9 Å². The minimum Gasteiger partial charge on any atom is -0.480 e. The van der Waals surface area contributed by atoms with Crippen molar-refractivity contribution < 1.29 is 18.3 Å². The lowest BCUT2D eigenvalue weighted by atomic mass is 9.95. The number of aliphatic carboxylic acids is 1. The van der Waals surface area contributed by atoms with Crippen LogP contribution in [0.1, 0.15) is 52.4 Å². The normalized spacial score (nSPS) is 19.1. The Hall–Kier alpha value is -0.660. The molecule has 1 heterocycles. The number of carboxylic acid groups (broad SMARTS) is 1. The first-order valence-corrected chi connectivity index (χ1v) is 8.34. The van der Waals surface area contributed by atoms with Gasteiger partial charge in [-0.2, -0.15) is 17.4 Å². The van der Waals surface area contributed by atoms with Gasteiger partial charge in [-0.1, -0.05) is 26.7 Å². The Morgan fingerprint density at radius 2 is 1.63 bits per heavy atom. The lowest BCUT2D eigenvalue weighted by molar-refractivity contribution is -0.144. The highest BCUT2D eigenvalue weighted by atomic mass is 32.2. The van der Waals surface area contributed by atoms with E-state index in [4.69, 9.17) is 0 Å². The Balaban J connectivity index is 2.90. The molecule has 0 saturated carbocycles. The number of nitrogens with one attached hydrogen (secondary N) is 1. The minimum atomic E-state index is -3.73. The molecule has 2 N–H and O–H groups in total. The number of hydrogen-bond donors (Lipinski definition) is 2. The van der Waals surface area contributed by atoms with Crippen molar-refractivity contribution in [2.75, 3.05) is 13.1 Å². The summed E-state index contributed by atoms with van der Waals surface area (Å²) in [7, 11) is -3.73. The molecule has 1 saturated heterocycles. The summed E-state index contributed by atoms with van der Waals surface area (Å²) in [6, 6.07) is 0. The molecule has 1 fully saturated rings. The van der Waals surface area contributed by atoms with E-state index in [2.05, 4.69) is 4.72 Å². The summed E-state index contributed by atoms with van der Waals surface area (Å²) < 4.78 is 28.4. The quantitative estimate of drug-likeness (QED) is 0.773. The summed E-state index contributed by atoms with van der Waals surface area (Å²) >= 11 is 0. The molecule has 0 aromatic rings. The maximum absolute atomic E-state index is 12.3. The van der Waals surface area contributed by atoms with E-state index in [1.54, 1.807) is 13.8 Å². The SMILES string of the molecule is CCC(CC)(NS(=O)(=O)N1CCCCCC1)C(=O)O. The Bertz CT molecular complexity index is 396. The molecule has 0 atom stereocenters. The second kappa shape index (κ2) is 6.67. The van der Waals surface area contributed by atoms with E-state index in [1.807, 2.05) is 0 Å². The molecule has 0 spiro atoms. The third kappa shape index (κ3) is 3.90. The molecule has 6 nitrogen and oxygen atoms in total. The van der Waals surface area contributed by atoms with Crippen molar-refractivity contribution in [3.63, 3.8) is 0 Å². The molecule has 0 radical (unpaired) electrons. The second-order valence-corrected chi connectivity index (χ2v) is 6.69. The van der Waals surface area contributed by atoms with Crippen LogP contribution < -0.4 is 4.72 Å². The van der Waals surface area contributed by atoms with Crippen LogP contribution in [-0.4, -0.2) is 42.4 Å². The Morgan fingerprint density at radius 3 is 2.00 bits per heavy atom. The van der Waals surface area contributed by atoms with E-state index in [0.29, 0.717) is 13.1 Å². The summed E-state index contributed by atoms with van der Waals surface area (Å²) in [6.45, 7) is 4.31. The van der Waals surface area contributed by atoms with Crippen LogP contribution >= 0.6 is 0 Å². The molecule has 1 aliphatic heterocycles. The van der Waals surface area contributed by atoms with Crippen molar-refractivity contribution in [2.24, 2.45) is 0 Å². The predicted octanol–water partition coefficient (Wildman–Crippen LogP) is 1.34. The van der Waals surface area contributed by atoms with Gasteiger partial charge in [0.2, 0.25) is 0 Å². The molecule has 19 heavy (non-hydrogen) atoms. The van der Waals surface area contributed by atoms with Gasteiger partial charge in [0, 0.05) is 13.1 Å². The van der Waals surface area contributed by atoms with Gasteiger partial charge in [0.15, 0.2) is 0 Å². The number of carboxylic acids is 1. The topological polar surface area (TPSA) is 86.7 Å². The Labute approximate surface area is 115 Å². The smallest absolute Gasteiger partial charge is 0.324 e. The molecule has 1 aliphatic rings. The van der Waals surface area contributed by atoms with Crippen LogP contribution in [0.4, 0.5) is 0 Å². The second-order valence-electron chi connectivity index (χ2n) is 5.01. The van der Waals surface area contributed by atoms with Gasteiger partial charge in [-0.15, -0.1) is 0 Å². The summed E-state index contributed by atoms with van der Waals surface area (Å²) in [4.78, 5) is 11.4. The van der Waals surface area contributed by atoms with Crippen molar-refractivity contribution in [1.29, 1.82) is 0 Å². The standard InChI is InChI=1S/C12H24N2O4S/c1-3-12(4-2,11(15)16)13-19(17,18)14-9-7-5-6-8-10-14/h13H,3-10H2,1-2H3,(H,15,16). The van der Waals surface area contributed by atoms with Crippen LogP contribution in [0, 0.1) is 0 Å². The summed E-state index contributed by atoms with van der Waals surface area (Å²) in [6.07, 6.45) is 4.17. The van der Waals surface area contributed by atoms with E-state index in [9.17, 15) is 18.3 Å². The molecular weight excluding hydrogens is 268 g/mol. The van der Waals surface area contributed by atoms with E-state index in [-0.39, 0.29) is 12.8 Å². The highest BCUT2D eigenvalue weighted by molar-refractivity contribution is 7.87. The average molecular weight is 292 g/mol. The Morgan fingerprint density at radius 1 is 1.16 bits per heavy atom. The highest BCUT2D eigenvalue weighted by Crippen LogP contribution is 2.20. The van der Waals surface area contributed by atoms with Crippen LogP contribution in [-0.2, 0) is 15.0 Å². The van der Waals surface area contributed by atoms with Gasteiger partial charge >= 0.3 is 5.97 Å². The van der Waals surface area contributed by atoms with Crippen LogP contribution in [0.2, 0.25) is 0 Å². The maximum Gasteiger partial charge on any atom is 0.324 e. The molecule has 0 unspecified atom stereocenters. The Kier molecular flexibility index (Phi) is 5.76. The van der Waals surface area contributed by atoms with Crippen LogP contribution in [0.3, 0.4) is 0 Å². The first-order valence-electron chi connectivity index (χ1n) is 6.90. The van der Waals surface area contributed by atoms with Crippen molar-refractivity contribution in [3.8, 4) is 0 Å². The highest BCUT2D eigenvalue weighted by Gasteiger charge is 2.40. The molecule has 7 heteroatoms. The van der Waals surface area contributed by atoms with Crippen LogP contribution in [0.5, 0.6) is 0 Å². The minimum absolute atomic E-state index is 0.228. The fraction of sp³-hybridized carbons (Fsp3) is 0.917. The number of nitrogens with zero attached hydrogens (tertiary/aromatic N) is 1. The van der Waals surface area contributed by atoms with Gasteiger partial charge in [-0.25, -0.2) is 0 Å². The summed E-state index contributed by atoms with van der Waals surface area (Å²) in [5.74, 6) is -1.11. The van der Waals surface area contributed by atoms with Gasteiger partial charge in [-0.05, 0) is 25.7 Å². The predicted molar refractivity (Wildman–Crippen MR) is 73.0 cm³/mol. The molecule has 0 aliphatic carbocycles. The number of carbonyl (C=O) groups is 1. The molecule has 112 valence electrons. The lowest BCUT2D eigenvalue weighted by Gasteiger charge is -2.31. The van der Waals surface area contributed by atoms with E-state index in [1.165, 1.54) is 4.31 Å². The molecular formula is C12H24N2O4S. The number of hydrogen-bond acceptors (Lipinski definition) is 3. The average Bonchev–Trinajstić information content (AvgIpc) is 2.65. The van der Waals surface area contributed by atoms with E-state index in [0.717, 1.165) is 25.7 Å². The zero-order chi connectivity index (χ0) is 14.5. The van der Waals surface area contributed by atoms with Crippen molar-refractivity contribution >= 4 is 16.2 Å². The summed E-state index contributed by atoms with van der Waals surface area (Å²) in [5, 5.41) is 9.30. The lowest BCUT2D eigenvalue weighted by Crippen LogP contribution is -2.57. The third-order valence-electron chi connectivity index (χ3n) is 3.85. The summed E-state index contributed by atoms with van der Waals surface area (Å²) in [5.41, 5.74) is -1.40. The van der Waals surface area contributed by atoms with Gasteiger partial charge < -0.3 is 5.11 Å². The largest absolute Gasteiger partial charge is 0.480 e. The molecule has 0 bridgehead atoms. The molecule has 1 rings (SSSR count). The van der Waals surface area contributed by atoms with Crippen LogP contribution in [0.25, 0.3) is 0 Å². The zero-order valence-electron chi connectivity index (χ0n) is 11.7. The van der Waals surface area contributed by atoms with Gasteiger partial charge in [0.25, 0.3) is 10.2 Å². The number of rotatable bonds is 6.